The average Bonchev–Trinajstić information content (AvgIpc) is 3.20. The SMILES string of the molecule is CCN1CCC[C@@H](Nc2nnc(-c3ccc(Cl)cc3OC=O)c3cncn23)C1. The number of rotatable bonds is 6. The van der Waals surface area contributed by atoms with E-state index in [-0.39, 0.29) is 0 Å². The van der Waals surface area contributed by atoms with Crippen LogP contribution in [0.3, 0.4) is 0 Å². The van der Waals surface area contributed by atoms with Crippen molar-refractivity contribution >= 4 is 29.5 Å². The minimum Gasteiger partial charge on any atom is -0.428 e. The third-order valence-electron chi connectivity index (χ3n) is 5.01. The van der Waals surface area contributed by atoms with E-state index in [4.69, 9.17) is 16.3 Å². The molecule has 3 aromatic rings. The zero-order chi connectivity index (χ0) is 19.5. The Labute approximate surface area is 167 Å². The summed E-state index contributed by atoms with van der Waals surface area (Å²) >= 11 is 6.03. The Morgan fingerprint density at radius 2 is 2.29 bits per heavy atom. The highest BCUT2D eigenvalue weighted by molar-refractivity contribution is 6.30. The highest BCUT2D eigenvalue weighted by Crippen LogP contribution is 2.34. The molecule has 1 N–H and O–H groups in total. The predicted octanol–water partition coefficient (Wildman–Crippen LogP) is 2.88. The van der Waals surface area contributed by atoms with Crippen LogP contribution in [0.5, 0.6) is 5.75 Å². The molecule has 4 rings (SSSR count). The Balaban J connectivity index is 1.69. The summed E-state index contributed by atoms with van der Waals surface area (Å²) in [5, 5.41) is 12.8. The van der Waals surface area contributed by atoms with Crippen LogP contribution in [0, 0.1) is 0 Å². The number of piperidine rings is 1. The molecule has 1 saturated heterocycles. The number of nitrogens with zero attached hydrogens (tertiary/aromatic N) is 5. The van der Waals surface area contributed by atoms with Gasteiger partial charge in [0.1, 0.15) is 17.8 Å². The topological polar surface area (TPSA) is 84.6 Å². The van der Waals surface area contributed by atoms with Gasteiger partial charge >= 0.3 is 0 Å². The summed E-state index contributed by atoms with van der Waals surface area (Å²) in [6.07, 6.45) is 5.66. The monoisotopic (exact) mass is 400 g/mol. The quantitative estimate of drug-likeness (QED) is 0.637. The van der Waals surface area contributed by atoms with Gasteiger partial charge in [0.05, 0.1) is 11.7 Å². The predicted molar refractivity (Wildman–Crippen MR) is 107 cm³/mol. The first-order valence-corrected chi connectivity index (χ1v) is 9.65. The molecule has 28 heavy (non-hydrogen) atoms. The second kappa shape index (κ2) is 8.12. The summed E-state index contributed by atoms with van der Waals surface area (Å²) in [4.78, 5) is 17.6. The van der Waals surface area contributed by atoms with Crippen molar-refractivity contribution in [1.29, 1.82) is 0 Å². The van der Waals surface area contributed by atoms with Gasteiger partial charge in [-0.3, -0.25) is 9.20 Å². The fraction of sp³-hybridized carbons (Fsp3) is 0.368. The third kappa shape index (κ3) is 3.65. The number of ether oxygens (including phenoxy) is 1. The number of carbonyl (C=O) groups excluding carboxylic acids is 1. The van der Waals surface area contributed by atoms with E-state index in [2.05, 4.69) is 32.3 Å². The molecule has 0 unspecified atom stereocenters. The minimum atomic E-state index is 0.309. The molecular weight excluding hydrogens is 380 g/mol. The number of benzene rings is 1. The lowest BCUT2D eigenvalue weighted by Gasteiger charge is -2.32. The number of fused-ring (bicyclic) bond motifs is 1. The summed E-state index contributed by atoms with van der Waals surface area (Å²) in [5.74, 6) is 0.970. The lowest BCUT2D eigenvalue weighted by atomic mass is 10.1. The Hall–Kier alpha value is -2.71. The van der Waals surface area contributed by atoms with Crippen molar-refractivity contribution in [1.82, 2.24) is 24.5 Å². The number of imidazole rings is 1. The zero-order valence-corrected chi connectivity index (χ0v) is 16.3. The van der Waals surface area contributed by atoms with Crippen LogP contribution in [0.1, 0.15) is 19.8 Å². The van der Waals surface area contributed by atoms with Crippen LogP contribution in [0.2, 0.25) is 5.02 Å². The number of carbonyl (C=O) groups is 1. The molecule has 1 aromatic carbocycles. The van der Waals surface area contributed by atoms with Crippen LogP contribution >= 0.6 is 11.6 Å². The Morgan fingerprint density at radius 1 is 1.39 bits per heavy atom. The van der Waals surface area contributed by atoms with E-state index < -0.39 is 0 Å². The van der Waals surface area contributed by atoms with E-state index in [9.17, 15) is 4.79 Å². The average molecular weight is 401 g/mol. The van der Waals surface area contributed by atoms with Crippen molar-refractivity contribution in [2.24, 2.45) is 0 Å². The number of likely N-dealkylation sites (tertiary alicyclic amines) is 1. The van der Waals surface area contributed by atoms with Gasteiger partial charge in [0, 0.05) is 29.2 Å². The maximum absolute atomic E-state index is 10.9. The molecule has 3 heterocycles. The van der Waals surface area contributed by atoms with Crippen LogP contribution in [0.25, 0.3) is 16.8 Å². The Kier molecular flexibility index (Phi) is 5.40. The van der Waals surface area contributed by atoms with Gasteiger partial charge in [0.25, 0.3) is 6.47 Å². The molecule has 146 valence electrons. The van der Waals surface area contributed by atoms with Gasteiger partial charge in [0.2, 0.25) is 5.95 Å². The third-order valence-corrected chi connectivity index (χ3v) is 5.25. The molecule has 1 aliphatic heterocycles. The van der Waals surface area contributed by atoms with Crippen LogP contribution in [-0.2, 0) is 4.79 Å². The van der Waals surface area contributed by atoms with Gasteiger partial charge in [-0.1, -0.05) is 18.5 Å². The van der Waals surface area contributed by atoms with E-state index >= 15 is 0 Å². The number of hydrogen-bond donors (Lipinski definition) is 1. The van der Waals surface area contributed by atoms with Crippen LogP contribution in [-0.4, -0.2) is 56.6 Å². The largest absolute Gasteiger partial charge is 0.428 e. The standard InChI is InChI=1S/C19H21ClN6O2/c1-2-25-7-3-4-14(10-25)22-19-24-23-18(16-9-21-11-26(16)19)15-6-5-13(20)8-17(15)28-12-27/h5-6,8-9,11-12,14H,2-4,7,10H2,1H3,(H,22,24)/t14-/m1/s1. The van der Waals surface area contributed by atoms with Gasteiger partial charge in [-0.05, 0) is 38.1 Å². The summed E-state index contributed by atoms with van der Waals surface area (Å²) < 4.78 is 6.96. The summed E-state index contributed by atoms with van der Waals surface area (Å²) in [6, 6.07) is 5.36. The van der Waals surface area contributed by atoms with Crippen molar-refractivity contribution in [2.45, 2.75) is 25.8 Å². The first kappa shape index (κ1) is 18.6. The van der Waals surface area contributed by atoms with E-state index in [1.807, 2.05) is 4.40 Å². The van der Waals surface area contributed by atoms with Crippen LogP contribution in [0.15, 0.2) is 30.7 Å². The Bertz CT molecular complexity index is 992. The highest BCUT2D eigenvalue weighted by Gasteiger charge is 2.21. The molecule has 1 fully saturated rings. The second-order valence-corrected chi connectivity index (χ2v) is 7.19. The first-order chi connectivity index (χ1) is 13.7. The van der Waals surface area contributed by atoms with Gasteiger partial charge in [-0.25, -0.2) is 4.98 Å². The summed E-state index contributed by atoms with van der Waals surface area (Å²) in [7, 11) is 0. The van der Waals surface area contributed by atoms with Gasteiger partial charge in [0.15, 0.2) is 0 Å². The number of halogens is 1. The lowest BCUT2D eigenvalue weighted by Crippen LogP contribution is -2.42. The molecule has 0 bridgehead atoms. The van der Waals surface area contributed by atoms with Gasteiger partial charge in [-0.15, -0.1) is 10.2 Å². The van der Waals surface area contributed by atoms with E-state index in [0.29, 0.717) is 40.5 Å². The molecule has 0 radical (unpaired) electrons. The molecule has 0 spiro atoms. The van der Waals surface area contributed by atoms with Gasteiger partial charge in [-0.2, -0.15) is 0 Å². The number of aromatic nitrogens is 4. The second-order valence-electron chi connectivity index (χ2n) is 6.75. The Morgan fingerprint density at radius 3 is 3.11 bits per heavy atom. The fourth-order valence-electron chi connectivity index (χ4n) is 3.61. The smallest absolute Gasteiger partial charge is 0.298 e. The van der Waals surface area contributed by atoms with Crippen molar-refractivity contribution < 1.29 is 9.53 Å². The molecule has 0 amide bonds. The minimum absolute atomic E-state index is 0.309. The highest BCUT2D eigenvalue weighted by atomic mass is 35.5. The maximum atomic E-state index is 10.9. The van der Waals surface area contributed by atoms with Crippen molar-refractivity contribution in [3.63, 3.8) is 0 Å². The molecule has 8 nitrogen and oxygen atoms in total. The zero-order valence-electron chi connectivity index (χ0n) is 15.5. The van der Waals surface area contributed by atoms with E-state index in [1.165, 1.54) is 0 Å². The molecule has 2 aromatic heterocycles. The summed E-state index contributed by atoms with van der Waals surface area (Å²) in [6.45, 7) is 5.70. The summed E-state index contributed by atoms with van der Waals surface area (Å²) in [5.41, 5.74) is 1.95. The normalized spacial score (nSPS) is 17.6. The molecule has 1 atom stereocenters. The van der Waals surface area contributed by atoms with Crippen molar-refractivity contribution in [3.8, 4) is 17.0 Å². The molecule has 9 heteroatoms. The van der Waals surface area contributed by atoms with Crippen LogP contribution in [0.4, 0.5) is 5.95 Å². The lowest BCUT2D eigenvalue weighted by molar-refractivity contribution is -0.120. The van der Waals surface area contributed by atoms with Crippen molar-refractivity contribution in [2.75, 3.05) is 25.0 Å². The number of hydrogen-bond acceptors (Lipinski definition) is 7. The molecular formula is C19H21ClN6O2. The maximum Gasteiger partial charge on any atom is 0.298 e. The van der Waals surface area contributed by atoms with Gasteiger partial charge < -0.3 is 15.0 Å². The fourth-order valence-corrected chi connectivity index (χ4v) is 3.77. The number of anilines is 1. The van der Waals surface area contributed by atoms with E-state index in [0.717, 1.165) is 38.0 Å². The van der Waals surface area contributed by atoms with Crippen molar-refractivity contribution in [3.05, 3.63) is 35.7 Å². The van der Waals surface area contributed by atoms with Crippen LogP contribution < -0.4 is 10.1 Å². The van der Waals surface area contributed by atoms with E-state index in [1.54, 1.807) is 30.7 Å². The molecule has 0 saturated carbocycles. The number of likely N-dealkylation sites (N-methyl/N-ethyl adjacent to an activating group) is 1. The molecule has 0 aliphatic carbocycles. The first-order valence-electron chi connectivity index (χ1n) is 9.27. The number of nitrogens with one attached hydrogen (secondary N) is 1. The molecule has 1 aliphatic rings.